The van der Waals surface area contributed by atoms with Gasteiger partial charge in [0.2, 0.25) is 5.13 Å². The Kier molecular flexibility index (Phi) is 5.23. The van der Waals surface area contributed by atoms with Crippen molar-refractivity contribution < 1.29 is 14.7 Å². The van der Waals surface area contributed by atoms with E-state index in [9.17, 15) is 14.7 Å². The lowest BCUT2D eigenvalue weighted by molar-refractivity contribution is -0.132. The van der Waals surface area contributed by atoms with Crippen LogP contribution in [0.15, 0.2) is 60.2 Å². The molecule has 2 heterocycles. The molecule has 158 valence electrons. The van der Waals surface area contributed by atoms with Crippen LogP contribution in [0.1, 0.15) is 48.5 Å². The first-order valence-corrected chi connectivity index (χ1v) is 10.8. The van der Waals surface area contributed by atoms with E-state index in [1.165, 1.54) is 16.2 Å². The molecular formula is C24H23N3O3S. The van der Waals surface area contributed by atoms with Crippen molar-refractivity contribution >= 4 is 33.9 Å². The number of hydrogen-bond acceptors (Lipinski definition) is 6. The van der Waals surface area contributed by atoms with E-state index < -0.39 is 17.7 Å². The Hall–Kier alpha value is -3.32. The van der Waals surface area contributed by atoms with Gasteiger partial charge < -0.3 is 5.11 Å². The van der Waals surface area contributed by atoms with Crippen LogP contribution in [-0.4, -0.2) is 27.0 Å². The van der Waals surface area contributed by atoms with Gasteiger partial charge in [0.1, 0.15) is 10.8 Å². The van der Waals surface area contributed by atoms with Crippen molar-refractivity contribution in [1.82, 2.24) is 10.2 Å². The Morgan fingerprint density at radius 3 is 2.19 bits per heavy atom. The van der Waals surface area contributed by atoms with Crippen LogP contribution in [-0.2, 0) is 15.0 Å². The van der Waals surface area contributed by atoms with Gasteiger partial charge in [-0.1, -0.05) is 86.7 Å². The minimum absolute atomic E-state index is 0.0410. The highest BCUT2D eigenvalue weighted by Crippen LogP contribution is 2.43. The van der Waals surface area contributed by atoms with Crippen molar-refractivity contribution in [2.24, 2.45) is 0 Å². The zero-order chi connectivity index (χ0) is 22.3. The maximum absolute atomic E-state index is 13.1. The summed E-state index contributed by atoms with van der Waals surface area (Å²) in [6.07, 6.45) is 0. The molecule has 7 heteroatoms. The van der Waals surface area contributed by atoms with Gasteiger partial charge >= 0.3 is 5.91 Å². The van der Waals surface area contributed by atoms with Gasteiger partial charge in [-0.2, -0.15) is 0 Å². The van der Waals surface area contributed by atoms with Crippen LogP contribution >= 0.6 is 11.3 Å². The molecule has 0 aliphatic carbocycles. The van der Waals surface area contributed by atoms with Crippen molar-refractivity contribution in [1.29, 1.82) is 0 Å². The molecule has 1 aliphatic heterocycles. The highest BCUT2D eigenvalue weighted by atomic mass is 32.1. The quantitative estimate of drug-likeness (QED) is 0.365. The Labute approximate surface area is 184 Å². The predicted molar refractivity (Wildman–Crippen MR) is 121 cm³/mol. The van der Waals surface area contributed by atoms with Crippen LogP contribution in [0, 0.1) is 6.92 Å². The Balaban J connectivity index is 1.91. The highest BCUT2D eigenvalue weighted by molar-refractivity contribution is 7.15. The van der Waals surface area contributed by atoms with Crippen molar-refractivity contribution in [2.45, 2.75) is 39.2 Å². The SMILES string of the molecule is Cc1nnc(N2C(=O)C(=O)C(=C(O)c3ccccc3)C2c2ccc(C(C)(C)C)cc2)s1. The van der Waals surface area contributed by atoms with Crippen LogP contribution < -0.4 is 4.90 Å². The van der Waals surface area contributed by atoms with Gasteiger partial charge in [-0.05, 0) is 23.5 Å². The zero-order valence-corrected chi connectivity index (χ0v) is 18.6. The molecule has 1 amide bonds. The maximum atomic E-state index is 13.1. The molecule has 0 spiro atoms. The van der Waals surface area contributed by atoms with Crippen LogP contribution in [0.5, 0.6) is 0 Å². The smallest absolute Gasteiger partial charge is 0.301 e. The summed E-state index contributed by atoms with van der Waals surface area (Å²) in [5.41, 5.74) is 2.33. The number of carbonyl (C=O) groups is 2. The number of hydrogen-bond donors (Lipinski definition) is 1. The van der Waals surface area contributed by atoms with E-state index in [2.05, 4.69) is 31.0 Å². The highest BCUT2D eigenvalue weighted by Gasteiger charge is 2.48. The monoisotopic (exact) mass is 433 g/mol. The third kappa shape index (κ3) is 3.77. The summed E-state index contributed by atoms with van der Waals surface area (Å²) in [5, 5.41) is 20.2. The number of aromatic nitrogens is 2. The molecule has 1 N–H and O–H groups in total. The largest absolute Gasteiger partial charge is 0.507 e. The first-order valence-electron chi connectivity index (χ1n) is 9.95. The Bertz CT molecular complexity index is 1170. The molecule has 1 unspecified atom stereocenters. The second-order valence-electron chi connectivity index (χ2n) is 8.51. The summed E-state index contributed by atoms with van der Waals surface area (Å²) in [4.78, 5) is 27.4. The molecular weight excluding hydrogens is 410 g/mol. The Morgan fingerprint density at radius 2 is 1.65 bits per heavy atom. The van der Waals surface area contributed by atoms with Crippen LogP contribution in [0.25, 0.3) is 5.76 Å². The molecule has 3 aromatic rings. The number of aryl methyl sites for hydroxylation is 1. The van der Waals surface area contributed by atoms with Crippen molar-refractivity contribution in [3.05, 3.63) is 81.9 Å². The lowest BCUT2D eigenvalue weighted by Crippen LogP contribution is -2.29. The lowest BCUT2D eigenvalue weighted by Gasteiger charge is -2.24. The van der Waals surface area contributed by atoms with Crippen LogP contribution in [0.2, 0.25) is 0 Å². The summed E-state index contributed by atoms with van der Waals surface area (Å²) in [6.45, 7) is 8.14. The topological polar surface area (TPSA) is 83.4 Å². The summed E-state index contributed by atoms with van der Waals surface area (Å²) >= 11 is 1.23. The van der Waals surface area contributed by atoms with Crippen molar-refractivity contribution in [2.75, 3.05) is 4.90 Å². The van der Waals surface area contributed by atoms with Crippen LogP contribution in [0.4, 0.5) is 5.13 Å². The molecule has 0 radical (unpaired) electrons. The predicted octanol–water partition coefficient (Wildman–Crippen LogP) is 4.77. The van der Waals surface area contributed by atoms with Gasteiger partial charge in [0.05, 0.1) is 11.6 Å². The zero-order valence-electron chi connectivity index (χ0n) is 17.8. The number of aliphatic hydroxyl groups is 1. The third-order valence-corrected chi connectivity index (χ3v) is 6.14. The number of benzene rings is 2. The molecule has 2 aromatic carbocycles. The number of carbonyl (C=O) groups excluding carboxylic acids is 2. The van der Waals surface area contributed by atoms with E-state index in [1.807, 2.05) is 30.3 Å². The molecule has 0 bridgehead atoms. The van der Waals surface area contributed by atoms with Gasteiger partial charge in [0.25, 0.3) is 5.78 Å². The average Bonchev–Trinajstić information content (AvgIpc) is 3.28. The molecule has 1 aliphatic rings. The lowest BCUT2D eigenvalue weighted by atomic mass is 9.85. The van der Waals surface area contributed by atoms with Gasteiger partial charge in [-0.25, -0.2) is 0 Å². The minimum atomic E-state index is -0.790. The molecule has 1 fully saturated rings. The van der Waals surface area contributed by atoms with E-state index in [0.29, 0.717) is 15.7 Å². The molecule has 1 saturated heterocycles. The van der Waals surface area contributed by atoms with E-state index >= 15 is 0 Å². The first-order chi connectivity index (χ1) is 14.7. The number of nitrogens with zero attached hydrogens (tertiary/aromatic N) is 3. The molecule has 31 heavy (non-hydrogen) atoms. The van der Waals surface area contributed by atoms with E-state index in [1.54, 1.807) is 31.2 Å². The molecule has 4 rings (SSSR count). The number of ketones is 1. The second-order valence-corrected chi connectivity index (χ2v) is 9.67. The van der Waals surface area contributed by atoms with Crippen LogP contribution in [0.3, 0.4) is 0 Å². The Morgan fingerprint density at radius 1 is 1.00 bits per heavy atom. The molecule has 6 nitrogen and oxygen atoms in total. The second kappa shape index (κ2) is 7.74. The minimum Gasteiger partial charge on any atom is -0.507 e. The fourth-order valence-corrected chi connectivity index (χ4v) is 4.36. The number of amides is 1. The standard InChI is InChI=1S/C24H23N3O3S/c1-14-25-26-23(31-14)27-19(15-10-12-17(13-11-15)24(2,3)4)18(21(29)22(27)30)20(28)16-8-6-5-7-9-16/h5-13,19,28H,1-4H3. The van der Waals surface area contributed by atoms with Gasteiger partial charge in [0.15, 0.2) is 0 Å². The molecule has 1 atom stereocenters. The number of anilines is 1. The van der Waals surface area contributed by atoms with E-state index in [4.69, 9.17) is 0 Å². The van der Waals surface area contributed by atoms with Gasteiger partial charge in [-0.3, -0.25) is 14.5 Å². The van der Waals surface area contributed by atoms with Crippen molar-refractivity contribution in [3.8, 4) is 0 Å². The fourth-order valence-electron chi connectivity index (χ4n) is 3.65. The van der Waals surface area contributed by atoms with E-state index in [-0.39, 0.29) is 16.7 Å². The number of aliphatic hydroxyl groups excluding tert-OH is 1. The summed E-state index contributed by atoms with van der Waals surface area (Å²) in [6, 6.07) is 15.8. The van der Waals surface area contributed by atoms with Gasteiger partial charge in [0, 0.05) is 5.56 Å². The summed E-state index contributed by atoms with van der Waals surface area (Å²) < 4.78 is 0. The number of rotatable bonds is 3. The fraction of sp³-hybridized carbons (Fsp3) is 0.250. The molecule has 0 saturated carbocycles. The average molecular weight is 434 g/mol. The number of Topliss-reactive ketones (excluding diaryl/α,β-unsaturated/α-hetero) is 1. The molecule has 1 aromatic heterocycles. The third-order valence-electron chi connectivity index (χ3n) is 5.31. The van der Waals surface area contributed by atoms with Gasteiger partial charge in [-0.15, -0.1) is 10.2 Å². The summed E-state index contributed by atoms with van der Waals surface area (Å²) in [5.74, 6) is -1.66. The van der Waals surface area contributed by atoms with E-state index in [0.717, 1.165) is 11.1 Å². The maximum Gasteiger partial charge on any atom is 0.301 e. The first kappa shape index (κ1) is 20.9. The summed E-state index contributed by atoms with van der Waals surface area (Å²) in [7, 11) is 0. The normalized spacial score (nSPS) is 18.6. The van der Waals surface area contributed by atoms with Crippen molar-refractivity contribution in [3.63, 3.8) is 0 Å².